The second-order valence-electron chi connectivity index (χ2n) is 10.4. The highest BCUT2D eigenvalue weighted by atomic mass is 16.5. The van der Waals surface area contributed by atoms with Crippen molar-refractivity contribution in [1.82, 2.24) is 10.2 Å². The van der Waals surface area contributed by atoms with E-state index in [2.05, 4.69) is 59.6 Å². The van der Waals surface area contributed by atoms with Crippen LogP contribution in [0, 0.1) is 5.92 Å². The molecular formula is C32H50N4O. The molecule has 1 fully saturated rings. The molecule has 0 amide bonds. The van der Waals surface area contributed by atoms with Crippen molar-refractivity contribution in [1.29, 1.82) is 0 Å². The molecule has 0 saturated carbocycles. The average Bonchev–Trinajstić information content (AvgIpc) is 2.93. The molecule has 0 spiro atoms. The number of hydrogen-bond donors (Lipinski definition) is 2. The molecule has 3 N–H and O–H groups in total. The van der Waals surface area contributed by atoms with Crippen LogP contribution in [0.1, 0.15) is 83.1 Å². The summed E-state index contributed by atoms with van der Waals surface area (Å²) in [6.07, 6.45) is 15.0. The van der Waals surface area contributed by atoms with E-state index in [0.717, 1.165) is 62.4 Å². The number of likely N-dealkylation sites (tertiary alicyclic amines) is 1. The standard InChI is InChI=1S/C32H50N4O/c1-2-3-4-5-6-7-8-12-26-37-31-18-16-30(17-19-31)35-32(34-23-13-22-33)36-24-20-29(21-25-36)27-28-14-10-9-11-15-28/h9-11,14-19,29H,2-8,12-13,20-27,33H2,1H3,(H,34,35). The van der Waals surface area contributed by atoms with Crippen LogP contribution >= 0.6 is 0 Å². The van der Waals surface area contributed by atoms with Gasteiger partial charge in [0.1, 0.15) is 5.75 Å². The van der Waals surface area contributed by atoms with Crippen molar-refractivity contribution in [2.45, 2.75) is 84.0 Å². The summed E-state index contributed by atoms with van der Waals surface area (Å²) in [5.41, 5.74) is 8.14. The van der Waals surface area contributed by atoms with Crippen molar-refractivity contribution >= 4 is 11.6 Å². The smallest absolute Gasteiger partial charge is 0.199 e. The SMILES string of the molecule is CCCCCCCCCCOc1ccc(/N=C(\NCCCN)N2CCC(Cc3ccccc3)CC2)cc1. The number of benzene rings is 2. The molecule has 0 unspecified atom stereocenters. The second kappa shape index (κ2) is 17.8. The Labute approximate surface area is 225 Å². The van der Waals surface area contributed by atoms with Gasteiger partial charge in [-0.15, -0.1) is 0 Å². The Hall–Kier alpha value is -2.53. The van der Waals surface area contributed by atoms with Crippen molar-refractivity contribution in [3.63, 3.8) is 0 Å². The van der Waals surface area contributed by atoms with Crippen LogP contribution < -0.4 is 15.8 Å². The molecule has 1 saturated heterocycles. The molecule has 1 aliphatic rings. The number of nitrogens with one attached hydrogen (secondary N) is 1. The third-order valence-corrected chi connectivity index (χ3v) is 7.28. The number of hydrogen-bond acceptors (Lipinski definition) is 3. The fourth-order valence-electron chi connectivity index (χ4n) is 4.99. The van der Waals surface area contributed by atoms with Crippen molar-refractivity contribution < 1.29 is 4.74 Å². The summed E-state index contributed by atoms with van der Waals surface area (Å²) < 4.78 is 5.98. The Morgan fingerprint density at radius 1 is 0.892 bits per heavy atom. The second-order valence-corrected chi connectivity index (χ2v) is 10.4. The first-order valence-electron chi connectivity index (χ1n) is 14.8. The van der Waals surface area contributed by atoms with Gasteiger partial charge in [-0.05, 0) is 74.4 Å². The average molecular weight is 507 g/mol. The number of aliphatic imine (C=N–C) groups is 1. The molecule has 2 aromatic rings. The minimum absolute atomic E-state index is 0.685. The highest BCUT2D eigenvalue weighted by molar-refractivity contribution is 5.83. The zero-order valence-electron chi connectivity index (χ0n) is 23.2. The van der Waals surface area contributed by atoms with Crippen LogP contribution in [0.5, 0.6) is 5.75 Å². The first kappa shape index (κ1) is 29.0. The van der Waals surface area contributed by atoms with Gasteiger partial charge >= 0.3 is 0 Å². The van der Waals surface area contributed by atoms with E-state index in [4.69, 9.17) is 15.5 Å². The Kier molecular flexibility index (Phi) is 14.0. The van der Waals surface area contributed by atoms with Crippen LogP contribution in [0.3, 0.4) is 0 Å². The number of guanidine groups is 1. The van der Waals surface area contributed by atoms with Crippen LogP contribution in [0.4, 0.5) is 5.69 Å². The van der Waals surface area contributed by atoms with E-state index in [1.807, 2.05) is 12.1 Å². The number of nitrogens with two attached hydrogens (primary N) is 1. The predicted molar refractivity (Wildman–Crippen MR) is 158 cm³/mol. The first-order valence-corrected chi connectivity index (χ1v) is 14.8. The monoisotopic (exact) mass is 506 g/mol. The lowest BCUT2D eigenvalue weighted by Gasteiger charge is -2.34. The van der Waals surface area contributed by atoms with E-state index < -0.39 is 0 Å². The zero-order chi connectivity index (χ0) is 26.0. The lowest BCUT2D eigenvalue weighted by atomic mass is 9.90. The summed E-state index contributed by atoms with van der Waals surface area (Å²) in [6, 6.07) is 19.1. The van der Waals surface area contributed by atoms with Crippen LogP contribution in [0.2, 0.25) is 0 Å². The molecule has 5 heteroatoms. The van der Waals surface area contributed by atoms with Gasteiger partial charge in [-0.25, -0.2) is 4.99 Å². The van der Waals surface area contributed by atoms with E-state index in [0.29, 0.717) is 6.54 Å². The van der Waals surface area contributed by atoms with E-state index in [1.54, 1.807) is 0 Å². The molecule has 5 nitrogen and oxygen atoms in total. The number of rotatable bonds is 16. The van der Waals surface area contributed by atoms with E-state index >= 15 is 0 Å². The van der Waals surface area contributed by atoms with Gasteiger partial charge in [0, 0.05) is 19.6 Å². The number of ether oxygens (including phenoxy) is 1. The topological polar surface area (TPSA) is 62.9 Å². The Morgan fingerprint density at radius 3 is 2.24 bits per heavy atom. The van der Waals surface area contributed by atoms with Gasteiger partial charge in [-0.1, -0.05) is 82.2 Å². The molecule has 0 aromatic heterocycles. The van der Waals surface area contributed by atoms with Gasteiger partial charge in [-0.2, -0.15) is 0 Å². The summed E-state index contributed by atoms with van der Waals surface area (Å²) in [5, 5.41) is 3.55. The van der Waals surface area contributed by atoms with Gasteiger partial charge in [-0.3, -0.25) is 0 Å². The molecule has 1 heterocycles. The Balaban J connectivity index is 1.44. The van der Waals surface area contributed by atoms with Crippen LogP contribution in [0.15, 0.2) is 59.6 Å². The molecule has 0 aliphatic carbocycles. The molecule has 1 aliphatic heterocycles. The first-order chi connectivity index (χ1) is 18.3. The maximum atomic E-state index is 5.98. The van der Waals surface area contributed by atoms with Crippen molar-refractivity contribution in [2.75, 3.05) is 32.8 Å². The highest BCUT2D eigenvalue weighted by Gasteiger charge is 2.22. The van der Waals surface area contributed by atoms with Crippen molar-refractivity contribution in [2.24, 2.45) is 16.6 Å². The minimum atomic E-state index is 0.685. The molecule has 3 rings (SSSR count). The van der Waals surface area contributed by atoms with E-state index in [-0.39, 0.29) is 0 Å². The van der Waals surface area contributed by atoms with Crippen LogP contribution in [0.25, 0.3) is 0 Å². The summed E-state index contributed by atoms with van der Waals surface area (Å²) in [4.78, 5) is 7.40. The quantitative estimate of drug-likeness (QED) is 0.145. The molecular weight excluding hydrogens is 456 g/mol. The number of piperidine rings is 1. The molecule has 37 heavy (non-hydrogen) atoms. The highest BCUT2D eigenvalue weighted by Crippen LogP contribution is 2.23. The van der Waals surface area contributed by atoms with Crippen LogP contribution in [-0.2, 0) is 6.42 Å². The van der Waals surface area contributed by atoms with E-state index in [1.165, 1.54) is 69.8 Å². The van der Waals surface area contributed by atoms with Gasteiger partial charge in [0.2, 0.25) is 0 Å². The van der Waals surface area contributed by atoms with Crippen LogP contribution in [-0.4, -0.2) is 43.6 Å². The summed E-state index contributed by atoms with van der Waals surface area (Å²) in [7, 11) is 0. The Bertz CT molecular complexity index is 860. The largest absolute Gasteiger partial charge is 0.494 e. The van der Waals surface area contributed by atoms with Gasteiger partial charge in [0.05, 0.1) is 12.3 Å². The fraction of sp³-hybridized carbons (Fsp3) is 0.594. The number of unbranched alkanes of at least 4 members (excludes halogenated alkanes) is 7. The van der Waals surface area contributed by atoms with Gasteiger partial charge < -0.3 is 20.7 Å². The predicted octanol–water partition coefficient (Wildman–Crippen LogP) is 7.09. The summed E-state index contributed by atoms with van der Waals surface area (Å²) in [5.74, 6) is 2.64. The minimum Gasteiger partial charge on any atom is -0.494 e. The molecule has 2 aromatic carbocycles. The fourth-order valence-corrected chi connectivity index (χ4v) is 4.99. The zero-order valence-corrected chi connectivity index (χ0v) is 23.2. The number of nitrogens with zero attached hydrogens (tertiary/aromatic N) is 2. The van der Waals surface area contributed by atoms with Gasteiger partial charge in [0.25, 0.3) is 0 Å². The molecule has 0 radical (unpaired) electrons. The molecule has 0 bridgehead atoms. The summed E-state index contributed by atoms with van der Waals surface area (Å²) in [6.45, 7) is 6.66. The third kappa shape index (κ3) is 11.6. The molecule has 204 valence electrons. The maximum Gasteiger partial charge on any atom is 0.199 e. The lowest BCUT2D eigenvalue weighted by molar-refractivity contribution is 0.259. The molecule has 0 atom stereocenters. The van der Waals surface area contributed by atoms with E-state index in [9.17, 15) is 0 Å². The third-order valence-electron chi connectivity index (χ3n) is 7.28. The van der Waals surface area contributed by atoms with Crippen molar-refractivity contribution in [3.05, 3.63) is 60.2 Å². The summed E-state index contributed by atoms with van der Waals surface area (Å²) >= 11 is 0. The maximum absolute atomic E-state index is 5.98. The normalized spacial score (nSPS) is 14.6. The Morgan fingerprint density at radius 2 is 1.57 bits per heavy atom. The lowest BCUT2D eigenvalue weighted by Crippen LogP contribution is -2.46. The van der Waals surface area contributed by atoms with Gasteiger partial charge in [0.15, 0.2) is 5.96 Å². The van der Waals surface area contributed by atoms with Crippen molar-refractivity contribution in [3.8, 4) is 5.75 Å².